The van der Waals surface area contributed by atoms with E-state index in [0.29, 0.717) is 0 Å². The van der Waals surface area contributed by atoms with Crippen molar-refractivity contribution in [2.75, 3.05) is 6.54 Å². The van der Waals surface area contributed by atoms with Crippen LogP contribution >= 0.6 is 0 Å². The quantitative estimate of drug-likeness (QED) is 0.812. The Kier molecular flexibility index (Phi) is 3.75. The molecule has 0 saturated carbocycles. The maximum absolute atomic E-state index is 4.58. The molecule has 90 valence electrons. The smallest absolute Gasteiger partial charge is 0.0708 e. The van der Waals surface area contributed by atoms with Crippen molar-refractivity contribution in [3.8, 4) is 0 Å². The summed E-state index contributed by atoms with van der Waals surface area (Å²) in [5, 5.41) is 4.74. The SMILES string of the molecule is CCCNCc1cc(C)nc2ccc(C)cc12. The predicted octanol–water partition coefficient (Wildman–Crippen LogP) is 3.35. The lowest BCUT2D eigenvalue weighted by Crippen LogP contribution is -2.14. The van der Waals surface area contributed by atoms with Gasteiger partial charge in [0.05, 0.1) is 5.52 Å². The fourth-order valence-corrected chi connectivity index (χ4v) is 2.10. The van der Waals surface area contributed by atoms with E-state index in [4.69, 9.17) is 0 Å². The molecule has 0 unspecified atom stereocenters. The Labute approximate surface area is 103 Å². The summed E-state index contributed by atoms with van der Waals surface area (Å²) in [5.41, 5.74) is 4.84. The lowest BCUT2D eigenvalue weighted by Gasteiger charge is -2.09. The van der Waals surface area contributed by atoms with E-state index in [1.807, 2.05) is 0 Å². The number of rotatable bonds is 4. The molecule has 1 aromatic carbocycles. The second-order valence-electron chi connectivity index (χ2n) is 4.62. The Balaban J connectivity index is 2.40. The van der Waals surface area contributed by atoms with Crippen LogP contribution in [-0.2, 0) is 6.54 Å². The van der Waals surface area contributed by atoms with Crippen LogP contribution in [0.25, 0.3) is 10.9 Å². The third kappa shape index (κ3) is 2.83. The Hall–Kier alpha value is -1.41. The van der Waals surface area contributed by atoms with Gasteiger partial charge in [-0.1, -0.05) is 18.6 Å². The van der Waals surface area contributed by atoms with Gasteiger partial charge in [-0.25, -0.2) is 0 Å². The van der Waals surface area contributed by atoms with Crippen LogP contribution in [0.4, 0.5) is 0 Å². The number of hydrogen-bond donors (Lipinski definition) is 1. The molecule has 0 saturated heterocycles. The largest absolute Gasteiger partial charge is 0.313 e. The Morgan fingerprint density at radius 3 is 2.76 bits per heavy atom. The Morgan fingerprint density at radius 1 is 1.18 bits per heavy atom. The van der Waals surface area contributed by atoms with E-state index in [9.17, 15) is 0 Å². The number of nitrogens with one attached hydrogen (secondary N) is 1. The summed E-state index contributed by atoms with van der Waals surface area (Å²) >= 11 is 0. The normalized spacial score (nSPS) is 11.0. The lowest BCUT2D eigenvalue weighted by atomic mass is 10.1. The molecule has 0 amide bonds. The second kappa shape index (κ2) is 5.28. The number of hydrogen-bond acceptors (Lipinski definition) is 2. The van der Waals surface area contributed by atoms with E-state index in [1.165, 1.54) is 22.9 Å². The van der Waals surface area contributed by atoms with E-state index in [0.717, 1.165) is 24.3 Å². The molecule has 2 rings (SSSR count). The molecule has 0 fully saturated rings. The molecule has 1 N–H and O–H groups in total. The van der Waals surface area contributed by atoms with Crippen molar-refractivity contribution in [3.63, 3.8) is 0 Å². The average molecular weight is 228 g/mol. The van der Waals surface area contributed by atoms with Crippen LogP contribution in [0.1, 0.15) is 30.2 Å². The molecule has 2 aromatic rings. The minimum atomic E-state index is 0.928. The van der Waals surface area contributed by atoms with Gasteiger partial charge >= 0.3 is 0 Å². The van der Waals surface area contributed by atoms with Gasteiger partial charge < -0.3 is 5.32 Å². The summed E-state index contributed by atoms with van der Waals surface area (Å²) in [6, 6.07) is 8.65. The van der Waals surface area contributed by atoms with Crippen molar-refractivity contribution in [3.05, 3.63) is 41.1 Å². The van der Waals surface area contributed by atoms with Crippen molar-refractivity contribution >= 4 is 10.9 Å². The van der Waals surface area contributed by atoms with E-state index >= 15 is 0 Å². The molecule has 0 aliphatic heterocycles. The fourth-order valence-electron chi connectivity index (χ4n) is 2.10. The maximum Gasteiger partial charge on any atom is 0.0708 e. The van der Waals surface area contributed by atoms with Gasteiger partial charge in [0.15, 0.2) is 0 Å². The molecule has 1 aromatic heterocycles. The Morgan fingerprint density at radius 2 is 2.00 bits per heavy atom. The number of nitrogens with zero attached hydrogens (tertiary/aromatic N) is 1. The third-order valence-corrected chi connectivity index (χ3v) is 2.92. The highest BCUT2D eigenvalue weighted by Gasteiger charge is 2.03. The summed E-state index contributed by atoms with van der Waals surface area (Å²) in [6.07, 6.45) is 1.17. The molecule has 0 bridgehead atoms. The molecule has 17 heavy (non-hydrogen) atoms. The van der Waals surface area contributed by atoms with Gasteiger partial charge in [0, 0.05) is 17.6 Å². The summed E-state index contributed by atoms with van der Waals surface area (Å²) in [7, 11) is 0. The standard InChI is InChI=1S/C15H20N2/c1-4-7-16-10-13-9-12(3)17-15-6-5-11(2)8-14(13)15/h5-6,8-9,16H,4,7,10H2,1-3H3. The maximum atomic E-state index is 4.58. The molecule has 2 nitrogen and oxygen atoms in total. The topological polar surface area (TPSA) is 24.9 Å². The summed E-state index contributed by atoms with van der Waals surface area (Å²) < 4.78 is 0. The zero-order valence-corrected chi connectivity index (χ0v) is 10.9. The summed E-state index contributed by atoms with van der Waals surface area (Å²) in [5.74, 6) is 0. The van der Waals surface area contributed by atoms with Gasteiger partial charge in [0.25, 0.3) is 0 Å². The van der Waals surface area contributed by atoms with Crippen molar-refractivity contribution < 1.29 is 0 Å². The first-order valence-corrected chi connectivity index (χ1v) is 6.28. The number of aryl methyl sites for hydroxylation is 2. The highest BCUT2D eigenvalue weighted by Crippen LogP contribution is 2.19. The van der Waals surface area contributed by atoms with E-state index in [2.05, 4.69) is 55.3 Å². The average Bonchev–Trinajstić information content (AvgIpc) is 2.30. The summed E-state index contributed by atoms with van der Waals surface area (Å²) in [4.78, 5) is 4.58. The van der Waals surface area contributed by atoms with E-state index in [-0.39, 0.29) is 0 Å². The molecule has 0 radical (unpaired) electrons. The molecule has 0 aliphatic rings. The molecule has 1 heterocycles. The molecular formula is C15H20N2. The van der Waals surface area contributed by atoms with Gasteiger partial charge in [-0.15, -0.1) is 0 Å². The molecule has 0 atom stereocenters. The number of fused-ring (bicyclic) bond motifs is 1. The van der Waals surface area contributed by atoms with E-state index in [1.54, 1.807) is 0 Å². The highest BCUT2D eigenvalue weighted by molar-refractivity contribution is 5.83. The predicted molar refractivity (Wildman–Crippen MR) is 73.2 cm³/mol. The lowest BCUT2D eigenvalue weighted by molar-refractivity contribution is 0.677. The van der Waals surface area contributed by atoms with Crippen LogP contribution in [0.2, 0.25) is 0 Å². The molecule has 0 aliphatic carbocycles. The highest BCUT2D eigenvalue weighted by atomic mass is 14.8. The monoisotopic (exact) mass is 228 g/mol. The molecule has 2 heteroatoms. The number of aromatic nitrogens is 1. The van der Waals surface area contributed by atoms with Crippen molar-refractivity contribution in [1.82, 2.24) is 10.3 Å². The first kappa shape index (κ1) is 12.1. The summed E-state index contributed by atoms with van der Waals surface area (Å²) in [6.45, 7) is 8.37. The van der Waals surface area contributed by atoms with Gasteiger partial charge in [-0.2, -0.15) is 0 Å². The number of benzene rings is 1. The minimum Gasteiger partial charge on any atom is -0.313 e. The van der Waals surface area contributed by atoms with Crippen LogP contribution in [-0.4, -0.2) is 11.5 Å². The van der Waals surface area contributed by atoms with Gasteiger partial charge in [-0.05, 0) is 50.6 Å². The van der Waals surface area contributed by atoms with Gasteiger partial charge in [-0.3, -0.25) is 4.98 Å². The van der Waals surface area contributed by atoms with Crippen LogP contribution in [0.5, 0.6) is 0 Å². The van der Waals surface area contributed by atoms with Crippen molar-refractivity contribution in [1.29, 1.82) is 0 Å². The van der Waals surface area contributed by atoms with Crippen LogP contribution < -0.4 is 5.32 Å². The first-order valence-electron chi connectivity index (χ1n) is 6.28. The minimum absolute atomic E-state index is 0.928. The van der Waals surface area contributed by atoms with Gasteiger partial charge in [0.1, 0.15) is 0 Å². The zero-order valence-electron chi connectivity index (χ0n) is 10.9. The zero-order chi connectivity index (χ0) is 12.3. The van der Waals surface area contributed by atoms with Crippen molar-refractivity contribution in [2.45, 2.75) is 33.7 Å². The molecular weight excluding hydrogens is 208 g/mol. The van der Waals surface area contributed by atoms with Crippen molar-refractivity contribution in [2.24, 2.45) is 0 Å². The number of pyridine rings is 1. The Bertz CT molecular complexity index is 518. The van der Waals surface area contributed by atoms with Crippen LogP contribution in [0, 0.1) is 13.8 Å². The van der Waals surface area contributed by atoms with Crippen LogP contribution in [0.15, 0.2) is 24.3 Å². The molecule has 0 spiro atoms. The first-order chi connectivity index (χ1) is 8.20. The van der Waals surface area contributed by atoms with Gasteiger partial charge in [0.2, 0.25) is 0 Å². The fraction of sp³-hybridized carbons (Fsp3) is 0.400. The second-order valence-corrected chi connectivity index (χ2v) is 4.62. The van der Waals surface area contributed by atoms with E-state index < -0.39 is 0 Å². The van der Waals surface area contributed by atoms with Crippen LogP contribution in [0.3, 0.4) is 0 Å². The third-order valence-electron chi connectivity index (χ3n) is 2.92.